The second-order valence-corrected chi connectivity index (χ2v) is 7.67. The highest BCUT2D eigenvalue weighted by Crippen LogP contribution is 2.32. The first-order valence-electron chi connectivity index (χ1n) is 9.25. The first-order valence-corrected chi connectivity index (χ1v) is 9.63. The van der Waals surface area contributed by atoms with Gasteiger partial charge in [-0.05, 0) is 36.7 Å². The number of carbonyl (C=O) groups excluding carboxylic acids is 1. The third-order valence-corrected chi connectivity index (χ3v) is 5.37. The van der Waals surface area contributed by atoms with Crippen LogP contribution in [-0.4, -0.2) is 55.1 Å². The Bertz CT molecular complexity index is 1040. The Hall–Kier alpha value is -2.52. The minimum Gasteiger partial charge on any atom is -0.393 e. The van der Waals surface area contributed by atoms with Crippen molar-refractivity contribution in [1.29, 1.82) is 0 Å². The number of anilines is 1. The highest BCUT2D eigenvalue weighted by Gasteiger charge is 2.44. The van der Waals surface area contributed by atoms with E-state index in [1.54, 1.807) is 43.5 Å². The molecule has 1 aliphatic heterocycles. The number of nitrogens with zero attached hydrogens (tertiary/aromatic N) is 3. The lowest BCUT2D eigenvalue weighted by atomic mass is 10.00. The molecule has 3 heterocycles. The minimum absolute atomic E-state index is 0.00776. The summed E-state index contributed by atoms with van der Waals surface area (Å²) in [6, 6.07) is 10.6. The van der Waals surface area contributed by atoms with E-state index < -0.39 is 11.7 Å². The molecule has 8 nitrogen and oxygen atoms in total. The summed E-state index contributed by atoms with van der Waals surface area (Å²) >= 11 is 6.10. The van der Waals surface area contributed by atoms with Gasteiger partial charge in [0.15, 0.2) is 0 Å². The van der Waals surface area contributed by atoms with Gasteiger partial charge in [-0.25, -0.2) is 0 Å². The van der Waals surface area contributed by atoms with E-state index in [2.05, 4.69) is 15.3 Å². The van der Waals surface area contributed by atoms with Crippen molar-refractivity contribution >= 4 is 34.4 Å². The van der Waals surface area contributed by atoms with Crippen LogP contribution < -0.4 is 5.32 Å². The number of hydrogen-bond acceptors (Lipinski definition) is 6. The highest BCUT2D eigenvalue weighted by atomic mass is 35.5. The Balaban J connectivity index is 1.60. The molecule has 4 rings (SSSR count). The van der Waals surface area contributed by atoms with Crippen LogP contribution in [-0.2, 0) is 11.3 Å². The number of ether oxygens (including phenoxy) is 1. The number of fused-ring (bicyclic) bond motifs is 1. The molecule has 0 unspecified atom stereocenters. The molecule has 1 fully saturated rings. The Morgan fingerprint density at radius 3 is 2.79 bits per heavy atom. The normalized spacial score (nSPS) is 24.1. The summed E-state index contributed by atoms with van der Waals surface area (Å²) in [5.74, 6) is 0.0237. The van der Waals surface area contributed by atoms with Gasteiger partial charge in [0.05, 0.1) is 30.7 Å². The maximum atomic E-state index is 12.5. The lowest BCUT2D eigenvalue weighted by Gasteiger charge is -2.25. The van der Waals surface area contributed by atoms with Crippen molar-refractivity contribution in [2.24, 2.45) is 0 Å². The third kappa shape index (κ3) is 3.84. The van der Waals surface area contributed by atoms with Gasteiger partial charge < -0.3 is 24.8 Å². The van der Waals surface area contributed by atoms with E-state index in [-0.39, 0.29) is 23.9 Å². The average molecular weight is 417 g/mol. The molecule has 1 aliphatic rings. The molecule has 1 amide bonds. The zero-order valence-electron chi connectivity index (χ0n) is 15.7. The zero-order chi connectivity index (χ0) is 20.6. The smallest absolute Gasteiger partial charge is 0.256 e. The molecule has 1 saturated heterocycles. The van der Waals surface area contributed by atoms with Gasteiger partial charge in [0.25, 0.3) is 5.91 Å². The Morgan fingerprint density at radius 1 is 1.34 bits per heavy atom. The number of halogens is 1. The standard InChI is InChI=1S/C20H21ClN4O4/c1-20(11-26)15(27)9-13(29-20)10-25-8-7-14-16(23-19(21)24-17(14)25)22-18(28)12-5-3-2-4-6-12/h2-8,13,15,26-27H,9-11H2,1H3,(H,22,23,24,28)/t13-,15+,20-/m1/s1. The van der Waals surface area contributed by atoms with Crippen molar-refractivity contribution in [3.05, 3.63) is 53.4 Å². The molecular weight excluding hydrogens is 396 g/mol. The van der Waals surface area contributed by atoms with E-state index in [0.717, 1.165) is 0 Å². The maximum absolute atomic E-state index is 12.5. The molecule has 0 saturated carbocycles. The van der Waals surface area contributed by atoms with Crippen LogP contribution in [0.4, 0.5) is 5.82 Å². The zero-order valence-corrected chi connectivity index (χ0v) is 16.5. The predicted molar refractivity (Wildman–Crippen MR) is 108 cm³/mol. The van der Waals surface area contributed by atoms with Crippen LogP contribution in [0.25, 0.3) is 11.0 Å². The van der Waals surface area contributed by atoms with Gasteiger partial charge >= 0.3 is 0 Å². The van der Waals surface area contributed by atoms with Gasteiger partial charge in [0.1, 0.15) is 17.1 Å². The lowest BCUT2D eigenvalue weighted by molar-refractivity contribution is -0.101. The summed E-state index contributed by atoms with van der Waals surface area (Å²) in [6.07, 6.45) is 1.15. The van der Waals surface area contributed by atoms with Gasteiger partial charge in [0.2, 0.25) is 5.28 Å². The maximum Gasteiger partial charge on any atom is 0.256 e. The molecule has 3 N–H and O–H groups in total. The summed E-state index contributed by atoms with van der Waals surface area (Å²) < 4.78 is 7.68. The van der Waals surface area contributed by atoms with Gasteiger partial charge in [-0.1, -0.05) is 18.2 Å². The molecule has 2 aromatic heterocycles. The Kier molecular flexibility index (Phi) is 5.26. The van der Waals surface area contributed by atoms with E-state index in [1.807, 2.05) is 10.6 Å². The molecule has 1 aromatic carbocycles. The molecule has 9 heteroatoms. The van der Waals surface area contributed by atoms with Crippen molar-refractivity contribution in [3.63, 3.8) is 0 Å². The summed E-state index contributed by atoms with van der Waals surface area (Å²) in [4.78, 5) is 21.0. The topological polar surface area (TPSA) is 110 Å². The number of amides is 1. The molecule has 152 valence electrons. The fourth-order valence-corrected chi connectivity index (χ4v) is 3.69. The summed E-state index contributed by atoms with van der Waals surface area (Å²) in [7, 11) is 0. The SMILES string of the molecule is C[C@]1(CO)O[C@@H](Cn2ccc3c(NC(=O)c4ccccc4)nc(Cl)nc32)C[C@@H]1O. The van der Waals surface area contributed by atoms with E-state index in [1.165, 1.54) is 0 Å². The molecule has 29 heavy (non-hydrogen) atoms. The van der Waals surface area contributed by atoms with Crippen LogP contribution in [0.15, 0.2) is 42.6 Å². The minimum atomic E-state index is -0.977. The lowest BCUT2D eigenvalue weighted by Crippen LogP contribution is -2.39. The van der Waals surface area contributed by atoms with E-state index in [4.69, 9.17) is 16.3 Å². The number of aliphatic hydroxyl groups excluding tert-OH is 2. The van der Waals surface area contributed by atoms with Crippen LogP contribution in [0.2, 0.25) is 5.28 Å². The highest BCUT2D eigenvalue weighted by molar-refractivity contribution is 6.29. The van der Waals surface area contributed by atoms with E-state index in [9.17, 15) is 15.0 Å². The molecular formula is C20H21ClN4O4. The van der Waals surface area contributed by atoms with E-state index >= 15 is 0 Å². The average Bonchev–Trinajstić information content (AvgIpc) is 3.23. The second kappa shape index (κ2) is 7.72. The van der Waals surface area contributed by atoms with Crippen LogP contribution in [0, 0.1) is 0 Å². The summed E-state index contributed by atoms with van der Waals surface area (Å²) in [6.45, 7) is 1.83. The Morgan fingerprint density at radius 2 is 2.10 bits per heavy atom. The summed E-state index contributed by atoms with van der Waals surface area (Å²) in [5.41, 5.74) is 0.0743. The predicted octanol–water partition coefficient (Wildman–Crippen LogP) is 2.24. The first kappa shape index (κ1) is 19.8. The molecule has 0 aliphatic carbocycles. The number of carbonyl (C=O) groups is 1. The van der Waals surface area contributed by atoms with Crippen molar-refractivity contribution in [1.82, 2.24) is 14.5 Å². The van der Waals surface area contributed by atoms with Gasteiger partial charge in [0, 0.05) is 18.2 Å². The number of nitrogens with one attached hydrogen (secondary N) is 1. The first-order chi connectivity index (χ1) is 13.9. The number of aromatic nitrogens is 3. The van der Waals surface area contributed by atoms with Crippen LogP contribution in [0.1, 0.15) is 23.7 Å². The van der Waals surface area contributed by atoms with Gasteiger partial charge in [-0.2, -0.15) is 9.97 Å². The third-order valence-electron chi connectivity index (χ3n) is 5.20. The molecule has 3 aromatic rings. The number of hydrogen-bond donors (Lipinski definition) is 3. The molecule has 3 atom stereocenters. The van der Waals surface area contributed by atoms with Crippen molar-refractivity contribution in [3.8, 4) is 0 Å². The molecule has 0 radical (unpaired) electrons. The second-order valence-electron chi connectivity index (χ2n) is 7.33. The molecule has 0 bridgehead atoms. The van der Waals surface area contributed by atoms with Crippen molar-refractivity contribution in [2.45, 2.75) is 37.7 Å². The fourth-order valence-electron chi connectivity index (χ4n) is 3.53. The molecule has 0 spiro atoms. The fraction of sp³-hybridized carbons (Fsp3) is 0.350. The number of rotatable bonds is 5. The largest absolute Gasteiger partial charge is 0.393 e. The van der Waals surface area contributed by atoms with Crippen LogP contribution in [0.3, 0.4) is 0 Å². The van der Waals surface area contributed by atoms with Crippen molar-refractivity contribution < 1.29 is 19.7 Å². The number of benzene rings is 1. The summed E-state index contributed by atoms with van der Waals surface area (Å²) in [5, 5.41) is 23.1. The van der Waals surface area contributed by atoms with Crippen LogP contribution in [0.5, 0.6) is 0 Å². The van der Waals surface area contributed by atoms with Gasteiger partial charge in [-0.15, -0.1) is 0 Å². The van der Waals surface area contributed by atoms with E-state index in [0.29, 0.717) is 35.4 Å². The van der Waals surface area contributed by atoms with Crippen molar-refractivity contribution in [2.75, 3.05) is 11.9 Å². The number of aliphatic hydroxyl groups is 2. The van der Waals surface area contributed by atoms with Crippen LogP contribution >= 0.6 is 11.6 Å². The van der Waals surface area contributed by atoms with Gasteiger partial charge in [-0.3, -0.25) is 4.79 Å². The quantitative estimate of drug-likeness (QED) is 0.550. The monoisotopic (exact) mass is 416 g/mol. The Labute approximate surface area is 172 Å².